The Morgan fingerprint density at radius 1 is 1.31 bits per heavy atom. The molecule has 0 radical (unpaired) electrons. The number of aryl methyl sites for hydroxylation is 2. The van der Waals surface area contributed by atoms with Gasteiger partial charge in [0.05, 0.1) is 24.1 Å². The van der Waals surface area contributed by atoms with Crippen LogP contribution in [-0.2, 0) is 28.3 Å². The molecule has 1 amide bonds. The maximum absolute atomic E-state index is 12.9. The second kappa shape index (κ2) is 9.41. The number of benzene rings is 1. The number of aromatic nitrogens is 2. The first-order valence-electron chi connectivity index (χ1n) is 9.79. The van der Waals surface area contributed by atoms with Crippen molar-refractivity contribution in [2.75, 3.05) is 26.7 Å². The van der Waals surface area contributed by atoms with E-state index in [1.807, 2.05) is 19.4 Å². The molecular formula is C20H28N4O4S. The Kier molecular flexibility index (Phi) is 6.92. The molecule has 1 aromatic heterocycles. The third-order valence-corrected chi connectivity index (χ3v) is 7.03. The van der Waals surface area contributed by atoms with E-state index in [1.165, 1.54) is 23.5 Å². The van der Waals surface area contributed by atoms with Crippen LogP contribution in [-0.4, -0.2) is 55.2 Å². The Morgan fingerprint density at radius 2 is 2.07 bits per heavy atom. The van der Waals surface area contributed by atoms with Crippen LogP contribution in [0.1, 0.15) is 24.8 Å². The topological polar surface area (TPSA) is 93.5 Å². The van der Waals surface area contributed by atoms with Gasteiger partial charge in [0, 0.05) is 32.9 Å². The van der Waals surface area contributed by atoms with E-state index < -0.39 is 10.0 Å². The number of hydrogen-bond acceptors (Lipinski definition) is 5. The van der Waals surface area contributed by atoms with Gasteiger partial charge in [0.15, 0.2) is 0 Å². The van der Waals surface area contributed by atoms with Crippen LogP contribution in [0.15, 0.2) is 41.6 Å². The van der Waals surface area contributed by atoms with Crippen molar-refractivity contribution in [1.29, 1.82) is 0 Å². The minimum Gasteiger partial charge on any atom is -0.497 e. The minimum atomic E-state index is -3.62. The number of carbonyl (C=O) groups is 1. The molecule has 0 bridgehead atoms. The number of rotatable bonds is 8. The van der Waals surface area contributed by atoms with Crippen LogP contribution >= 0.6 is 0 Å². The molecule has 1 saturated heterocycles. The molecule has 3 rings (SSSR count). The molecule has 29 heavy (non-hydrogen) atoms. The van der Waals surface area contributed by atoms with Crippen molar-refractivity contribution in [3.05, 3.63) is 42.2 Å². The summed E-state index contributed by atoms with van der Waals surface area (Å²) in [5.74, 6) is 0.201. The van der Waals surface area contributed by atoms with Crippen molar-refractivity contribution < 1.29 is 17.9 Å². The number of nitrogens with one attached hydrogen (secondary N) is 1. The van der Waals surface area contributed by atoms with Gasteiger partial charge < -0.3 is 10.1 Å². The Labute approximate surface area is 171 Å². The highest BCUT2D eigenvalue weighted by atomic mass is 32.2. The summed E-state index contributed by atoms with van der Waals surface area (Å²) < 4.78 is 34.1. The van der Waals surface area contributed by atoms with Gasteiger partial charge in [-0.3, -0.25) is 9.48 Å². The largest absolute Gasteiger partial charge is 0.497 e. The number of ether oxygens (including phenoxy) is 1. The number of carbonyl (C=O) groups excluding carboxylic acids is 1. The fraction of sp³-hybridized carbons (Fsp3) is 0.500. The summed E-state index contributed by atoms with van der Waals surface area (Å²) in [6.45, 7) is 1.21. The molecule has 1 N–H and O–H groups in total. The second-order valence-corrected chi connectivity index (χ2v) is 9.23. The molecule has 0 spiro atoms. The number of hydrogen-bond donors (Lipinski definition) is 1. The standard InChI is InChI=1S/C20H28N4O4S/c1-23-14-16(13-22-23)5-3-11-21-20(25)17-6-4-12-24(15-17)29(26,27)19-9-7-18(28-2)8-10-19/h7-10,13-14,17H,3-6,11-12,15H2,1-2H3,(H,21,25). The summed E-state index contributed by atoms with van der Waals surface area (Å²) in [4.78, 5) is 12.8. The number of amides is 1. The van der Waals surface area contributed by atoms with E-state index in [4.69, 9.17) is 4.74 Å². The van der Waals surface area contributed by atoms with Crippen molar-refractivity contribution >= 4 is 15.9 Å². The molecule has 2 aromatic rings. The highest BCUT2D eigenvalue weighted by Crippen LogP contribution is 2.25. The van der Waals surface area contributed by atoms with Crippen molar-refractivity contribution in [2.24, 2.45) is 13.0 Å². The SMILES string of the molecule is COc1ccc(S(=O)(=O)N2CCCC(C(=O)NCCCc3cnn(C)c3)C2)cc1. The van der Waals surface area contributed by atoms with Crippen LogP contribution in [0.2, 0.25) is 0 Å². The van der Waals surface area contributed by atoms with Crippen LogP contribution in [0.25, 0.3) is 0 Å². The first-order valence-corrected chi connectivity index (χ1v) is 11.2. The molecule has 0 aliphatic carbocycles. The molecule has 1 aromatic carbocycles. The highest BCUT2D eigenvalue weighted by molar-refractivity contribution is 7.89. The van der Waals surface area contributed by atoms with Crippen molar-refractivity contribution in [3.63, 3.8) is 0 Å². The maximum atomic E-state index is 12.9. The molecule has 8 nitrogen and oxygen atoms in total. The second-order valence-electron chi connectivity index (χ2n) is 7.29. The van der Waals surface area contributed by atoms with E-state index in [1.54, 1.807) is 16.8 Å². The third kappa shape index (κ3) is 5.36. The van der Waals surface area contributed by atoms with Gasteiger partial charge in [-0.1, -0.05) is 0 Å². The summed E-state index contributed by atoms with van der Waals surface area (Å²) >= 11 is 0. The molecular weight excluding hydrogens is 392 g/mol. The fourth-order valence-electron chi connectivity index (χ4n) is 3.52. The van der Waals surface area contributed by atoms with Crippen molar-refractivity contribution in [3.8, 4) is 5.75 Å². The Balaban J connectivity index is 1.52. The molecule has 9 heteroatoms. The van der Waals surface area contributed by atoms with Gasteiger partial charge in [-0.2, -0.15) is 9.40 Å². The minimum absolute atomic E-state index is 0.0779. The van der Waals surface area contributed by atoms with E-state index in [9.17, 15) is 13.2 Å². The fourth-order valence-corrected chi connectivity index (χ4v) is 5.04. The first kappa shape index (κ1) is 21.3. The molecule has 1 atom stereocenters. The summed E-state index contributed by atoms with van der Waals surface area (Å²) in [6, 6.07) is 6.33. The zero-order valence-electron chi connectivity index (χ0n) is 16.9. The predicted octanol–water partition coefficient (Wildman–Crippen LogP) is 1.58. The normalized spacial score (nSPS) is 17.8. The van der Waals surface area contributed by atoms with Crippen LogP contribution in [0, 0.1) is 5.92 Å². The number of nitrogens with zero attached hydrogens (tertiary/aromatic N) is 3. The molecule has 2 heterocycles. The lowest BCUT2D eigenvalue weighted by molar-refractivity contribution is -0.126. The van der Waals surface area contributed by atoms with Gasteiger partial charge >= 0.3 is 0 Å². The zero-order valence-corrected chi connectivity index (χ0v) is 17.7. The van der Waals surface area contributed by atoms with E-state index in [0.717, 1.165) is 18.4 Å². The number of piperidine rings is 1. The van der Waals surface area contributed by atoms with E-state index in [2.05, 4.69) is 10.4 Å². The molecule has 1 aliphatic rings. The van der Waals surface area contributed by atoms with Gasteiger partial charge in [0.2, 0.25) is 15.9 Å². The van der Waals surface area contributed by atoms with Crippen LogP contribution in [0.4, 0.5) is 0 Å². The lowest BCUT2D eigenvalue weighted by Gasteiger charge is -2.31. The number of methoxy groups -OCH3 is 1. The van der Waals surface area contributed by atoms with Crippen LogP contribution in [0.5, 0.6) is 5.75 Å². The predicted molar refractivity (Wildman–Crippen MR) is 109 cm³/mol. The number of sulfonamides is 1. The van der Waals surface area contributed by atoms with Gasteiger partial charge in [0.25, 0.3) is 0 Å². The van der Waals surface area contributed by atoms with E-state index in [-0.39, 0.29) is 23.3 Å². The maximum Gasteiger partial charge on any atom is 0.243 e. The summed E-state index contributed by atoms with van der Waals surface area (Å²) in [6.07, 6.45) is 6.82. The van der Waals surface area contributed by atoms with Crippen LogP contribution in [0.3, 0.4) is 0 Å². The van der Waals surface area contributed by atoms with Gasteiger partial charge in [-0.05, 0) is 55.5 Å². The Morgan fingerprint density at radius 3 is 2.72 bits per heavy atom. The zero-order chi connectivity index (χ0) is 20.9. The highest BCUT2D eigenvalue weighted by Gasteiger charge is 2.33. The first-order chi connectivity index (χ1) is 13.9. The van der Waals surface area contributed by atoms with E-state index >= 15 is 0 Å². The summed E-state index contributed by atoms with van der Waals surface area (Å²) in [5, 5.41) is 7.08. The summed E-state index contributed by atoms with van der Waals surface area (Å²) in [7, 11) is -0.213. The average molecular weight is 421 g/mol. The van der Waals surface area contributed by atoms with Crippen molar-refractivity contribution in [1.82, 2.24) is 19.4 Å². The lowest BCUT2D eigenvalue weighted by Crippen LogP contribution is -2.45. The summed E-state index contributed by atoms with van der Waals surface area (Å²) in [5.41, 5.74) is 1.14. The van der Waals surface area contributed by atoms with Gasteiger partial charge in [-0.25, -0.2) is 8.42 Å². The molecule has 158 valence electrons. The quantitative estimate of drug-likeness (QED) is 0.655. The van der Waals surface area contributed by atoms with Gasteiger partial charge in [0.1, 0.15) is 5.75 Å². The van der Waals surface area contributed by atoms with Crippen LogP contribution < -0.4 is 10.1 Å². The monoisotopic (exact) mass is 420 g/mol. The lowest BCUT2D eigenvalue weighted by atomic mass is 9.99. The van der Waals surface area contributed by atoms with E-state index in [0.29, 0.717) is 31.7 Å². The van der Waals surface area contributed by atoms with Gasteiger partial charge in [-0.15, -0.1) is 0 Å². The average Bonchev–Trinajstić information content (AvgIpc) is 3.16. The third-order valence-electron chi connectivity index (χ3n) is 5.15. The molecule has 1 unspecified atom stereocenters. The molecule has 1 fully saturated rings. The molecule has 1 aliphatic heterocycles. The Hall–Kier alpha value is -2.39. The van der Waals surface area contributed by atoms with Crippen molar-refractivity contribution in [2.45, 2.75) is 30.6 Å². The molecule has 0 saturated carbocycles. The Bertz CT molecular complexity index is 924. The smallest absolute Gasteiger partial charge is 0.243 e.